The monoisotopic (exact) mass is 507 g/mol. The molecule has 202 valence electrons. The van der Waals surface area contributed by atoms with Crippen LogP contribution in [0.4, 0.5) is 0 Å². The minimum atomic E-state index is -2.12. The standard InChI is InChI=1S/C21H37N3O11/c1-3-16(29)24-34-10-6-8-32-7-4-5-9-33-21(20(22)31)11-14(27)17(23-13(2)26)19(35-21)18(30)15(28)12-25/h3,14-15,17-19,25,27-28,30H,1,4-12H2,2H3,(H2,22,31)(H,23,26)(H,24,29)/t14?,15-,17?,18+,19?,21?/m1/s1. The molecule has 1 saturated heterocycles. The number of aliphatic hydroxyl groups is 4. The van der Waals surface area contributed by atoms with Crippen LogP contribution in [0.2, 0.25) is 0 Å². The number of unbranched alkanes of at least 4 members (excludes halogenated alkanes) is 1. The topological polar surface area (TPSA) is 219 Å². The van der Waals surface area contributed by atoms with Crippen molar-refractivity contribution < 1.29 is 53.9 Å². The normalized spacial score (nSPS) is 25.9. The number of ether oxygens (including phenoxy) is 3. The molecule has 1 aliphatic heterocycles. The van der Waals surface area contributed by atoms with Gasteiger partial charge in [0.1, 0.15) is 18.3 Å². The number of hydrogen-bond acceptors (Lipinski definition) is 11. The van der Waals surface area contributed by atoms with Crippen LogP contribution in [0.3, 0.4) is 0 Å². The van der Waals surface area contributed by atoms with Gasteiger partial charge in [0.15, 0.2) is 0 Å². The molecule has 0 aromatic heterocycles. The lowest BCUT2D eigenvalue weighted by molar-refractivity contribution is -0.302. The highest BCUT2D eigenvalue weighted by Crippen LogP contribution is 2.33. The van der Waals surface area contributed by atoms with Gasteiger partial charge in [0.25, 0.3) is 17.6 Å². The van der Waals surface area contributed by atoms with Gasteiger partial charge >= 0.3 is 0 Å². The van der Waals surface area contributed by atoms with Gasteiger partial charge in [-0.05, 0) is 25.3 Å². The van der Waals surface area contributed by atoms with E-state index in [1.165, 1.54) is 6.92 Å². The molecule has 14 nitrogen and oxygen atoms in total. The Balaban J connectivity index is 2.55. The van der Waals surface area contributed by atoms with Crippen molar-refractivity contribution in [3.05, 3.63) is 12.7 Å². The van der Waals surface area contributed by atoms with Crippen LogP contribution in [0.15, 0.2) is 12.7 Å². The summed E-state index contributed by atoms with van der Waals surface area (Å²) in [6.45, 7) is 4.67. The van der Waals surface area contributed by atoms with Crippen molar-refractivity contribution in [2.75, 3.05) is 33.0 Å². The molecular formula is C21H37N3O11. The van der Waals surface area contributed by atoms with Crippen molar-refractivity contribution in [1.82, 2.24) is 10.8 Å². The third kappa shape index (κ3) is 10.1. The molecule has 0 aliphatic carbocycles. The molecule has 6 atom stereocenters. The quantitative estimate of drug-likeness (QED) is 0.0596. The first-order valence-electron chi connectivity index (χ1n) is 11.2. The second kappa shape index (κ2) is 15.7. The van der Waals surface area contributed by atoms with Gasteiger partial charge in [-0.15, -0.1) is 0 Å². The van der Waals surface area contributed by atoms with Crippen molar-refractivity contribution in [3.8, 4) is 0 Å². The van der Waals surface area contributed by atoms with Crippen molar-refractivity contribution in [1.29, 1.82) is 0 Å². The molecule has 35 heavy (non-hydrogen) atoms. The van der Waals surface area contributed by atoms with Gasteiger partial charge in [0.2, 0.25) is 5.91 Å². The molecule has 0 spiro atoms. The molecule has 3 amide bonds. The third-order valence-corrected chi connectivity index (χ3v) is 5.15. The molecule has 1 rings (SSSR count). The zero-order valence-electron chi connectivity index (χ0n) is 19.8. The minimum absolute atomic E-state index is 0.00805. The lowest BCUT2D eigenvalue weighted by atomic mass is 9.88. The van der Waals surface area contributed by atoms with Crippen LogP contribution in [0.1, 0.15) is 32.6 Å². The summed E-state index contributed by atoms with van der Waals surface area (Å²) in [7, 11) is 0. The van der Waals surface area contributed by atoms with Gasteiger partial charge in [-0.2, -0.15) is 0 Å². The predicted octanol–water partition coefficient (Wildman–Crippen LogP) is -3.03. The summed E-state index contributed by atoms with van der Waals surface area (Å²) in [6, 6.07) is -1.19. The molecule has 1 aliphatic rings. The summed E-state index contributed by atoms with van der Waals surface area (Å²) in [5.74, 6) is -4.17. The lowest BCUT2D eigenvalue weighted by Crippen LogP contribution is -2.68. The van der Waals surface area contributed by atoms with Crippen LogP contribution in [0, 0.1) is 0 Å². The van der Waals surface area contributed by atoms with Gasteiger partial charge in [-0.3, -0.25) is 19.2 Å². The van der Waals surface area contributed by atoms with Gasteiger partial charge in [-0.25, -0.2) is 5.48 Å². The Morgan fingerprint density at radius 1 is 1.20 bits per heavy atom. The van der Waals surface area contributed by atoms with Crippen molar-refractivity contribution in [2.45, 2.75) is 68.9 Å². The summed E-state index contributed by atoms with van der Waals surface area (Å²) in [5, 5.41) is 42.4. The molecule has 8 N–H and O–H groups in total. The van der Waals surface area contributed by atoms with E-state index in [2.05, 4.69) is 17.4 Å². The highest BCUT2D eigenvalue weighted by atomic mass is 16.7. The van der Waals surface area contributed by atoms with Crippen LogP contribution in [0.5, 0.6) is 0 Å². The average molecular weight is 508 g/mol. The number of carbonyl (C=O) groups is 3. The van der Waals surface area contributed by atoms with E-state index in [-0.39, 0.29) is 13.2 Å². The SMILES string of the molecule is C=CC(=O)NOCCCOCCCCOC1(C(N)=O)CC(O)C(NC(C)=O)C([C@@H](O)[C@H](O)CO)O1. The van der Waals surface area contributed by atoms with Crippen LogP contribution in [0.25, 0.3) is 0 Å². The smallest absolute Gasteiger partial charge is 0.277 e. The van der Waals surface area contributed by atoms with E-state index in [1.807, 2.05) is 0 Å². The Kier molecular flexibility index (Phi) is 13.9. The Bertz CT molecular complexity index is 695. The number of aliphatic hydroxyl groups excluding tert-OH is 4. The maximum atomic E-state index is 12.2. The van der Waals surface area contributed by atoms with E-state index in [9.17, 15) is 29.7 Å². The Morgan fingerprint density at radius 3 is 2.46 bits per heavy atom. The molecule has 1 heterocycles. The van der Waals surface area contributed by atoms with Gasteiger partial charge < -0.3 is 45.7 Å². The molecule has 0 radical (unpaired) electrons. The summed E-state index contributed by atoms with van der Waals surface area (Å²) in [4.78, 5) is 39.6. The number of primary amides is 1. The largest absolute Gasteiger partial charge is 0.394 e. The highest BCUT2D eigenvalue weighted by Gasteiger charge is 2.54. The zero-order valence-corrected chi connectivity index (χ0v) is 19.8. The fraction of sp³-hybridized carbons (Fsp3) is 0.762. The average Bonchev–Trinajstić information content (AvgIpc) is 2.82. The summed E-state index contributed by atoms with van der Waals surface area (Å²) < 4.78 is 16.7. The first-order valence-corrected chi connectivity index (χ1v) is 11.2. The first kappa shape index (κ1) is 30.9. The van der Waals surface area contributed by atoms with E-state index in [4.69, 9.17) is 29.9 Å². The maximum Gasteiger partial charge on any atom is 0.277 e. The lowest BCUT2D eigenvalue weighted by Gasteiger charge is -2.47. The second-order valence-corrected chi connectivity index (χ2v) is 7.98. The number of carbonyl (C=O) groups excluding carboxylic acids is 3. The van der Waals surface area contributed by atoms with E-state index in [0.29, 0.717) is 32.5 Å². The molecule has 1 fully saturated rings. The van der Waals surface area contributed by atoms with Crippen LogP contribution in [-0.4, -0.2) is 107 Å². The predicted molar refractivity (Wildman–Crippen MR) is 119 cm³/mol. The van der Waals surface area contributed by atoms with Gasteiger partial charge in [-0.1, -0.05) is 6.58 Å². The minimum Gasteiger partial charge on any atom is -0.394 e. The molecule has 0 aromatic rings. The Morgan fingerprint density at radius 2 is 1.86 bits per heavy atom. The van der Waals surface area contributed by atoms with E-state index >= 15 is 0 Å². The molecule has 0 saturated carbocycles. The number of nitrogens with one attached hydrogen (secondary N) is 2. The van der Waals surface area contributed by atoms with Crippen LogP contribution in [-0.2, 0) is 33.4 Å². The van der Waals surface area contributed by atoms with Gasteiger partial charge in [0.05, 0.1) is 32.0 Å². The van der Waals surface area contributed by atoms with Crippen molar-refractivity contribution >= 4 is 17.7 Å². The molecule has 0 aromatic carbocycles. The summed E-state index contributed by atoms with van der Waals surface area (Å²) in [6.07, 6.45) is -4.16. The fourth-order valence-corrected chi connectivity index (χ4v) is 3.35. The Labute approximate surface area is 203 Å². The van der Waals surface area contributed by atoms with E-state index in [1.54, 1.807) is 0 Å². The summed E-state index contributed by atoms with van der Waals surface area (Å²) in [5.41, 5.74) is 7.65. The third-order valence-electron chi connectivity index (χ3n) is 5.15. The van der Waals surface area contributed by atoms with Crippen LogP contribution >= 0.6 is 0 Å². The number of amides is 3. The summed E-state index contributed by atoms with van der Waals surface area (Å²) >= 11 is 0. The van der Waals surface area contributed by atoms with E-state index < -0.39 is 67.0 Å². The second-order valence-electron chi connectivity index (χ2n) is 7.98. The maximum absolute atomic E-state index is 12.2. The van der Waals surface area contributed by atoms with Gasteiger partial charge in [0, 0.05) is 26.6 Å². The molecule has 14 heteroatoms. The first-order chi connectivity index (χ1) is 16.6. The highest BCUT2D eigenvalue weighted by molar-refractivity contribution is 5.85. The molecule has 4 unspecified atom stereocenters. The number of nitrogens with two attached hydrogens (primary N) is 1. The molecule has 0 bridgehead atoms. The molecular weight excluding hydrogens is 470 g/mol. The number of hydroxylamine groups is 1. The fourth-order valence-electron chi connectivity index (χ4n) is 3.35. The Hall–Kier alpha value is -2.17. The van der Waals surface area contributed by atoms with Crippen molar-refractivity contribution in [2.24, 2.45) is 5.73 Å². The van der Waals surface area contributed by atoms with Crippen molar-refractivity contribution in [3.63, 3.8) is 0 Å². The van der Waals surface area contributed by atoms with Crippen LogP contribution < -0.4 is 16.5 Å². The number of hydrogen-bond donors (Lipinski definition) is 7. The number of rotatable bonds is 17. The van der Waals surface area contributed by atoms with E-state index in [0.717, 1.165) is 6.08 Å². The zero-order chi connectivity index (χ0) is 26.4.